The van der Waals surface area contributed by atoms with Crippen LogP contribution in [0.4, 0.5) is 0 Å². The summed E-state index contributed by atoms with van der Waals surface area (Å²) in [6, 6.07) is 1.47. The van der Waals surface area contributed by atoms with Crippen LogP contribution in [0.25, 0.3) is 0 Å². The Labute approximate surface area is 141 Å². The summed E-state index contributed by atoms with van der Waals surface area (Å²) in [5, 5.41) is 1.60. The Morgan fingerprint density at radius 1 is 1.55 bits per heavy atom. The first-order valence-electron chi connectivity index (χ1n) is 6.86. The summed E-state index contributed by atoms with van der Waals surface area (Å²) in [6.07, 6.45) is 2.64. The lowest BCUT2D eigenvalue weighted by Gasteiger charge is -2.31. The number of carbonyl (C=O) groups excluding carboxylic acids is 1. The Bertz CT molecular complexity index is 601. The van der Waals surface area contributed by atoms with Crippen molar-refractivity contribution in [3.8, 4) is 0 Å². The molecule has 126 valence electrons. The lowest BCUT2D eigenvalue weighted by molar-refractivity contribution is 0.0602. The number of hydrogen-bond acceptors (Lipinski definition) is 6. The molecule has 6 nitrogen and oxygen atoms in total. The molecule has 0 bridgehead atoms. The largest absolute Gasteiger partial charge is 0.465 e. The summed E-state index contributed by atoms with van der Waals surface area (Å²) in [7, 11) is -2.41. The van der Waals surface area contributed by atoms with E-state index in [9.17, 15) is 13.2 Å². The standard InChI is InChI=1S/C13H20N2O4S2.ClH/c1-19-13(16)12-11(5-8-20-12)21(17,18)15-7-2-3-10(9-15)4-6-14;/h5,8,10H,2-4,6-7,9,14H2,1H3;1H. The van der Waals surface area contributed by atoms with Crippen molar-refractivity contribution in [2.75, 3.05) is 26.7 Å². The second-order valence-corrected chi connectivity index (χ2v) is 7.88. The number of carbonyl (C=O) groups is 1. The number of esters is 1. The van der Waals surface area contributed by atoms with Crippen LogP contribution < -0.4 is 5.73 Å². The highest BCUT2D eigenvalue weighted by molar-refractivity contribution is 7.89. The highest BCUT2D eigenvalue weighted by Gasteiger charge is 2.33. The Kier molecular flexibility index (Phi) is 7.27. The SMILES string of the molecule is COC(=O)c1sccc1S(=O)(=O)N1CCCC(CCN)C1.Cl. The van der Waals surface area contributed by atoms with E-state index >= 15 is 0 Å². The zero-order valence-electron chi connectivity index (χ0n) is 12.4. The number of methoxy groups -OCH3 is 1. The number of sulfonamides is 1. The smallest absolute Gasteiger partial charge is 0.349 e. The van der Waals surface area contributed by atoms with Gasteiger partial charge in [-0.3, -0.25) is 0 Å². The minimum Gasteiger partial charge on any atom is -0.465 e. The van der Waals surface area contributed by atoms with Crippen molar-refractivity contribution in [2.24, 2.45) is 11.7 Å². The van der Waals surface area contributed by atoms with Crippen LogP contribution in [0.3, 0.4) is 0 Å². The quantitative estimate of drug-likeness (QED) is 0.799. The maximum absolute atomic E-state index is 12.7. The summed E-state index contributed by atoms with van der Waals surface area (Å²) >= 11 is 1.08. The van der Waals surface area contributed by atoms with Crippen molar-refractivity contribution in [1.82, 2.24) is 4.31 Å². The van der Waals surface area contributed by atoms with Gasteiger partial charge >= 0.3 is 5.97 Å². The molecular formula is C13H21ClN2O4S2. The number of nitrogens with two attached hydrogens (primary N) is 1. The Balaban J connectivity index is 0.00000242. The van der Waals surface area contributed by atoms with E-state index in [0.29, 0.717) is 25.6 Å². The first kappa shape index (κ1) is 19.4. The Morgan fingerprint density at radius 3 is 2.91 bits per heavy atom. The molecule has 1 aromatic rings. The van der Waals surface area contributed by atoms with Crippen LogP contribution in [-0.2, 0) is 14.8 Å². The molecule has 1 atom stereocenters. The number of halogens is 1. The molecule has 0 aromatic carbocycles. The van der Waals surface area contributed by atoms with Crippen molar-refractivity contribution in [3.05, 3.63) is 16.3 Å². The number of thiophene rings is 1. The summed E-state index contributed by atoms with van der Waals surface area (Å²) in [5.74, 6) is -0.321. The fraction of sp³-hybridized carbons (Fsp3) is 0.615. The van der Waals surface area contributed by atoms with E-state index in [-0.39, 0.29) is 22.2 Å². The van der Waals surface area contributed by atoms with Gasteiger partial charge in [0, 0.05) is 13.1 Å². The molecule has 2 heterocycles. The molecule has 1 aliphatic heterocycles. The van der Waals surface area contributed by atoms with Gasteiger partial charge in [0.1, 0.15) is 9.77 Å². The molecule has 1 aliphatic rings. The summed E-state index contributed by atoms with van der Waals surface area (Å²) < 4.78 is 31.6. The molecular weight excluding hydrogens is 348 g/mol. The van der Waals surface area contributed by atoms with Crippen molar-refractivity contribution in [2.45, 2.75) is 24.2 Å². The average Bonchev–Trinajstić information content (AvgIpc) is 2.97. The number of ether oxygens (including phenoxy) is 1. The lowest BCUT2D eigenvalue weighted by Crippen LogP contribution is -2.40. The highest BCUT2D eigenvalue weighted by Crippen LogP contribution is 2.29. The molecule has 0 saturated carbocycles. The topological polar surface area (TPSA) is 89.7 Å². The maximum atomic E-state index is 12.7. The van der Waals surface area contributed by atoms with Gasteiger partial charge in [0.2, 0.25) is 10.0 Å². The molecule has 9 heteroatoms. The van der Waals surface area contributed by atoms with E-state index in [1.54, 1.807) is 5.38 Å². The molecule has 2 N–H and O–H groups in total. The van der Waals surface area contributed by atoms with Gasteiger partial charge in [-0.05, 0) is 43.2 Å². The number of rotatable bonds is 5. The van der Waals surface area contributed by atoms with Crippen LogP contribution in [0.1, 0.15) is 28.9 Å². The molecule has 1 unspecified atom stereocenters. The maximum Gasteiger partial charge on any atom is 0.349 e. The van der Waals surface area contributed by atoms with Crippen LogP contribution in [0.15, 0.2) is 16.3 Å². The molecule has 0 amide bonds. The van der Waals surface area contributed by atoms with Gasteiger partial charge in [-0.2, -0.15) is 4.31 Å². The van der Waals surface area contributed by atoms with E-state index < -0.39 is 16.0 Å². The van der Waals surface area contributed by atoms with Crippen LogP contribution in [0, 0.1) is 5.92 Å². The number of nitrogens with zero attached hydrogens (tertiary/aromatic N) is 1. The second-order valence-electron chi connectivity index (χ2n) is 5.05. The van der Waals surface area contributed by atoms with E-state index in [1.165, 1.54) is 17.5 Å². The summed E-state index contributed by atoms with van der Waals surface area (Å²) in [5.41, 5.74) is 5.56. The molecule has 1 saturated heterocycles. The molecule has 22 heavy (non-hydrogen) atoms. The van der Waals surface area contributed by atoms with Crippen molar-refractivity contribution < 1.29 is 17.9 Å². The van der Waals surface area contributed by atoms with Gasteiger partial charge in [-0.15, -0.1) is 23.7 Å². The highest BCUT2D eigenvalue weighted by atomic mass is 35.5. The van der Waals surface area contributed by atoms with Gasteiger partial charge in [-0.25, -0.2) is 13.2 Å². The Hall–Kier alpha value is -0.670. The monoisotopic (exact) mass is 368 g/mol. The third-order valence-corrected chi connectivity index (χ3v) is 6.61. The minimum atomic E-state index is -3.65. The summed E-state index contributed by atoms with van der Waals surface area (Å²) in [6.45, 7) is 1.51. The van der Waals surface area contributed by atoms with Gasteiger partial charge in [0.05, 0.1) is 7.11 Å². The van der Waals surface area contributed by atoms with Gasteiger partial charge < -0.3 is 10.5 Å². The molecule has 1 fully saturated rings. The van der Waals surface area contributed by atoms with Gasteiger partial charge in [-0.1, -0.05) is 0 Å². The predicted molar refractivity (Wildman–Crippen MR) is 88.1 cm³/mol. The first-order chi connectivity index (χ1) is 10.0. The number of hydrogen-bond donors (Lipinski definition) is 1. The van der Waals surface area contributed by atoms with Crippen molar-refractivity contribution in [3.63, 3.8) is 0 Å². The lowest BCUT2D eigenvalue weighted by atomic mass is 9.96. The molecule has 0 aliphatic carbocycles. The Morgan fingerprint density at radius 2 is 2.27 bits per heavy atom. The third-order valence-electron chi connectivity index (χ3n) is 3.67. The van der Waals surface area contributed by atoms with E-state index in [0.717, 1.165) is 30.6 Å². The van der Waals surface area contributed by atoms with Gasteiger partial charge in [0.25, 0.3) is 0 Å². The van der Waals surface area contributed by atoms with Crippen LogP contribution in [-0.4, -0.2) is 45.4 Å². The normalized spacial score (nSPS) is 19.5. The van der Waals surface area contributed by atoms with Crippen LogP contribution >= 0.6 is 23.7 Å². The summed E-state index contributed by atoms with van der Waals surface area (Å²) in [4.78, 5) is 11.9. The number of piperidine rings is 1. The molecule has 0 spiro atoms. The van der Waals surface area contributed by atoms with E-state index in [1.807, 2.05) is 0 Å². The van der Waals surface area contributed by atoms with Crippen LogP contribution in [0.5, 0.6) is 0 Å². The van der Waals surface area contributed by atoms with Crippen molar-refractivity contribution in [1.29, 1.82) is 0 Å². The zero-order valence-corrected chi connectivity index (χ0v) is 14.8. The predicted octanol–water partition coefficient (Wildman–Crippen LogP) is 1.71. The van der Waals surface area contributed by atoms with E-state index in [2.05, 4.69) is 4.74 Å². The van der Waals surface area contributed by atoms with Crippen molar-refractivity contribution >= 4 is 39.7 Å². The fourth-order valence-electron chi connectivity index (χ4n) is 2.60. The minimum absolute atomic E-state index is 0. The second kappa shape index (κ2) is 8.26. The third kappa shape index (κ3) is 3.99. The molecule has 2 rings (SSSR count). The molecule has 0 radical (unpaired) electrons. The zero-order chi connectivity index (χ0) is 15.5. The van der Waals surface area contributed by atoms with Gasteiger partial charge in [0.15, 0.2) is 0 Å². The average molecular weight is 369 g/mol. The first-order valence-corrected chi connectivity index (χ1v) is 9.18. The molecule has 1 aromatic heterocycles. The van der Waals surface area contributed by atoms with E-state index in [4.69, 9.17) is 5.73 Å². The van der Waals surface area contributed by atoms with Crippen LogP contribution in [0.2, 0.25) is 0 Å². The fourth-order valence-corrected chi connectivity index (χ4v) is 5.46.